The van der Waals surface area contributed by atoms with E-state index in [1.807, 2.05) is 55.5 Å². The molecule has 0 radical (unpaired) electrons. The lowest BCUT2D eigenvalue weighted by molar-refractivity contribution is -0.140. The van der Waals surface area contributed by atoms with Crippen molar-refractivity contribution in [3.05, 3.63) is 124 Å². The minimum absolute atomic E-state index is 0.0162. The minimum atomic E-state index is -1.21. The average Bonchev–Trinajstić information content (AvgIpc) is 3.18. The van der Waals surface area contributed by atoms with E-state index in [0.717, 1.165) is 44.7 Å². The molecule has 54 heavy (non-hydrogen) atoms. The molecule has 0 bridgehead atoms. The van der Waals surface area contributed by atoms with Crippen LogP contribution in [0.4, 0.5) is 0 Å². The molecule has 1 atom stereocenters. The summed E-state index contributed by atoms with van der Waals surface area (Å²) >= 11 is 6.65. The fraction of sp³-hybridized carbons (Fsp3) is 0.268. The molecule has 0 amide bonds. The molecule has 1 unspecified atom stereocenters. The second kappa shape index (κ2) is 19.5. The number of carboxylic acids is 1. The maximum atomic E-state index is 11.5. The number of aliphatic hydroxyl groups excluding tert-OH is 2. The Morgan fingerprint density at radius 2 is 1.59 bits per heavy atom. The van der Waals surface area contributed by atoms with Crippen LogP contribution in [0.2, 0.25) is 5.02 Å². The number of carbonyl (C=O) groups is 1. The molecule has 0 saturated heterocycles. The van der Waals surface area contributed by atoms with E-state index < -0.39 is 18.6 Å². The number of nitriles is 1. The largest absolute Gasteiger partial charge is 0.492 e. The van der Waals surface area contributed by atoms with Crippen molar-refractivity contribution in [2.45, 2.75) is 39.6 Å². The van der Waals surface area contributed by atoms with Gasteiger partial charge >= 0.3 is 5.97 Å². The first kappa shape index (κ1) is 39.7. The Kier molecular flexibility index (Phi) is 14.3. The SMILES string of the molecule is Cc1c(COc2nc(OCc3cncc(C#N)c3)c(CNC(CO)C(=O)O)cc2Cl)cccc1-c1cccc(-c2ccc(OCCNCCO)cc2)c1C. The number of aliphatic carboxylic acids is 1. The summed E-state index contributed by atoms with van der Waals surface area (Å²) in [7, 11) is 0. The second-order valence-corrected chi connectivity index (χ2v) is 12.8. The van der Waals surface area contributed by atoms with E-state index in [1.165, 1.54) is 6.20 Å². The summed E-state index contributed by atoms with van der Waals surface area (Å²) in [6.07, 6.45) is 3.01. The number of hydrogen-bond acceptors (Lipinski definition) is 11. The molecule has 3 aromatic carbocycles. The number of rotatable bonds is 19. The molecule has 5 aromatic rings. The minimum Gasteiger partial charge on any atom is -0.492 e. The van der Waals surface area contributed by atoms with Gasteiger partial charge in [0.1, 0.15) is 42.7 Å². The van der Waals surface area contributed by atoms with Crippen LogP contribution in [0.3, 0.4) is 0 Å². The third-order valence-corrected chi connectivity index (χ3v) is 9.01. The number of nitrogens with one attached hydrogen (secondary N) is 2. The van der Waals surface area contributed by atoms with E-state index in [4.69, 9.17) is 30.9 Å². The molecule has 5 N–H and O–H groups in total. The van der Waals surface area contributed by atoms with Crippen LogP contribution in [0.5, 0.6) is 17.5 Å². The molecule has 2 aromatic heterocycles. The van der Waals surface area contributed by atoms with Crippen LogP contribution in [0.1, 0.15) is 33.4 Å². The number of pyridine rings is 2. The second-order valence-electron chi connectivity index (χ2n) is 12.4. The first-order valence-electron chi connectivity index (χ1n) is 17.3. The van der Waals surface area contributed by atoms with Gasteiger partial charge in [-0.05, 0) is 77.1 Å². The first-order valence-corrected chi connectivity index (χ1v) is 17.7. The number of aromatic nitrogens is 2. The summed E-state index contributed by atoms with van der Waals surface area (Å²) in [4.78, 5) is 20.1. The van der Waals surface area contributed by atoms with E-state index in [-0.39, 0.29) is 43.1 Å². The number of hydrogen-bond donors (Lipinski definition) is 5. The number of benzene rings is 3. The lowest BCUT2D eigenvalue weighted by Crippen LogP contribution is -2.39. The maximum Gasteiger partial charge on any atom is 0.323 e. The Labute approximate surface area is 319 Å². The van der Waals surface area contributed by atoms with Crippen LogP contribution in [0, 0.1) is 25.2 Å². The molecule has 2 heterocycles. The molecule has 0 aliphatic heterocycles. The van der Waals surface area contributed by atoms with Gasteiger partial charge in [0, 0.05) is 43.2 Å². The molecule has 13 heteroatoms. The zero-order chi connectivity index (χ0) is 38.5. The van der Waals surface area contributed by atoms with E-state index in [0.29, 0.717) is 36.4 Å². The van der Waals surface area contributed by atoms with Crippen molar-refractivity contribution >= 4 is 17.6 Å². The highest BCUT2D eigenvalue weighted by Gasteiger charge is 2.20. The van der Waals surface area contributed by atoms with Gasteiger partial charge in [-0.15, -0.1) is 0 Å². The molecule has 0 aliphatic carbocycles. The zero-order valence-corrected chi connectivity index (χ0v) is 30.8. The summed E-state index contributed by atoms with van der Waals surface area (Å²) < 4.78 is 18.0. The van der Waals surface area contributed by atoms with Crippen molar-refractivity contribution in [2.24, 2.45) is 0 Å². The van der Waals surface area contributed by atoms with Crippen LogP contribution in [-0.4, -0.2) is 70.2 Å². The van der Waals surface area contributed by atoms with Gasteiger partial charge in [-0.25, -0.2) is 0 Å². The summed E-state index contributed by atoms with van der Waals surface area (Å²) in [5.41, 5.74) is 8.83. The van der Waals surface area contributed by atoms with Gasteiger partial charge in [-0.2, -0.15) is 10.2 Å². The number of nitrogens with zero attached hydrogens (tertiary/aromatic N) is 3. The summed E-state index contributed by atoms with van der Waals surface area (Å²) in [5, 5.41) is 43.1. The lowest BCUT2D eigenvalue weighted by Gasteiger charge is -2.18. The molecular weight excluding hydrogens is 710 g/mol. The molecule has 0 spiro atoms. The molecule has 5 rings (SSSR count). The van der Waals surface area contributed by atoms with Crippen LogP contribution in [0.25, 0.3) is 22.3 Å². The van der Waals surface area contributed by atoms with Crippen molar-refractivity contribution in [2.75, 3.05) is 32.9 Å². The van der Waals surface area contributed by atoms with Gasteiger partial charge in [0.25, 0.3) is 0 Å². The standard InChI is InChI=1S/C41H42ClN5O7/c1-26-31(5-3-7-35(26)36-8-4-6-34(27(36)2)30-9-11-33(12-10-30)52-16-14-44-13-15-48)25-54-40-37(42)18-32(22-46-38(23-49)41(50)51)39(47-40)53-24-29-17-28(19-43)20-45-21-29/h3-12,17-18,20-21,38,44,46,48-49H,13-16,22-25H2,1-2H3,(H,50,51). The quantitative estimate of drug-likeness (QED) is 0.0660. The number of aliphatic hydroxyl groups is 2. The first-order chi connectivity index (χ1) is 26.2. The van der Waals surface area contributed by atoms with Gasteiger partial charge in [0.15, 0.2) is 0 Å². The van der Waals surface area contributed by atoms with Gasteiger partial charge in [-0.3, -0.25) is 15.1 Å². The van der Waals surface area contributed by atoms with Crippen LogP contribution < -0.4 is 24.8 Å². The van der Waals surface area contributed by atoms with E-state index >= 15 is 0 Å². The summed E-state index contributed by atoms with van der Waals surface area (Å²) in [6.45, 7) is 5.48. The van der Waals surface area contributed by atoms with Crippen LogP contribution in [0.15, 0.2) is 85.2 Å². The normalized spacial score (nSPS) is 11.5. The smallest absolute Gasteiger partial charge is 0.323 e. The Balaban J connectivity index is 1.34. The number of carboxylic acid groups (broad SMARTS) is 1. The Morgan fingerprint density at radius 1 is 0.870 bits per heavy atom. The fourth-order valence-electron chi connectivity index (χ4n) is 5.78. The highest BCUT2D eigenvalue weighted by Crippen LogP contribution is 2.36. The summed E-state index contributed by atoms with van der Waals surface area (Å²) in [5.74, 6) is -0.178. The number of ether oxygens (including phenoxy) is 3. The fourth-order valence-corrected chi connectivity index (χ4v) is 6.01. The van der Waals surface area contributed by atoms with Crippen LogP contribution in [-0.2, 0) is 24.6 Å². The average molecular weight is 752 g/mol. The molecule has 280 valence electrons. The Hall–Kier alpha value is -5.55. The van der Waals surface area contributed by atoms with Crippen molar-refractivity contribution in [3.8, 4) is 45.8 Å². The Morgan fingerprint density at radius 3 is 2.31 bits per heavy atom. The molecule has 0 saturated carbocycles. The van der Waals surface area contributed by atoms with Crippen molar-refractivity contribution in [1.82, 2.24) is 20.6 Å². The molecule has 0 fully saturated rings. The van der Waals surface area contributed by atoms with Gasteiger partial charge in [-0.1, -0.05) is 60.1 Å². The maximum absolute atomic E-state index is 11.5. The number of halogens is 1. The van der Waals surface area contributed by atoms with Gasteiger partial charge in [0.2, 0.25) is 11.8 Å². The van der Waals surface area contributed by atoms with Gasteiger partial charge in [0.05, 0.1) is 18.8 Å². The van der Waals surface area contributed by atoms with Crippen molar-refractivity contribution < 1.29 is 34.3 Å². The van der Waals surface area contributed by atoms with E-state index in [1.54, 1.807) is 18.3 Å². The third-order valence-electron chi connectivity index (χ3n) is 8.74. The summed E-state index contributed by atoms with van der Waals surface area (Å²) in [6, 6.07) is 24.4. The monoisotopic (exact) mass is 751 g/mol. The molecular formula is C41H42ClN5O7. The Bertz CT molecular complexity index is 2090. The topological polar surface area (TPSA) is 179 Å². The van der Waals surface area contributed by atoms with E-state index in [9.17, 15) is 20.3 Å². The van der Waals surface area contributed by atoms with Crippen molar-refractivity contribution in [1.29, 1.82) is 5.26 Å². The molecule has 12 nitrogen and oxygen atoms in total. The van der Waals surface area contributed by atoms with E-state index in [2.05, 4.69) is 45.7 Å². The highest BCUT2D eigenvalue weighted by molar-refractivity contribution is 6.31. The predicted molar refractivity (Wildman–Crippen MR) is 204 cm³/mol. The predicted octanol–water partition coefficient (Wildman–Crippen LogP) is 5.61. The van der Waals surface area contributed by atoms with Crippen LogP contribution >= 0.6 is 11.6 Å². The lowest BCUT2D eigenvalue weighted by atomic mass is 9.89. The van der Waals surface area contributed by atoms with Crippen molar-refractivity contribution in [3.63, 3.8) is 0 Å². The molecule has 0 aliphatic rings. The third kappa shape index (κ3) is 10.3. The zero-order valence-electron chi connectivity index (χ0n) is 30.0. The van der Waals surface area contributed by atoms with Gasteiger partial charge < -0.3 is 34.8 Å². The highest BCUT2D eigenvalue weighted by atomic mass is 35.5.